The molecule has 1 unspecified atom stereocenters. The molecular weight excluding hydrogens is 322 g/mol. The molecule has 1 aliphatic rings. The number of nitrogens with zero attached hydrogens (tertiary/aromatic N) is 3. The van der Waals surface area contributed by atoms with Gasteiger partial charge in [-0.15, -0.1) is 0 Å². The lowest BCUT2D eigenvalue weighted by Gasteiger charge is -2.23. The van der Waals surface area contributed by atoms with E-state index in [9.17, 15) is 14.4 Å². The van der Waals surface area contributed by atoms with Gasteiger partial charge in [-0.2, -0.15) is 5.10 Å². The van der Waals surface area contributed by atoms with Crippen LogP contribution in [-0.4, -0.2) is 44.1 Å². The summed E-state index contributed by atoms with van der Waals surface area (Å²) >= 11 is 0. The number of hydrogen-bond acceptors (Lipinski definition) is 4. The standard InChI is InChI=1S/C17H23N5O3/c1-4-6-13(23)22-8-5-7-12(22)16(24)18-15-14-11(19-20-15)9-10(2)21(3)17(14)25/h9,12H,4-8H2,1-3H3,(H2,18,19,20,24). The van der Waals surface area contributed by atoms with Gasteiger partial charge >= 0.3 is 0 Å². The van der Waals surface area contributed by atoms with Gasteiger partial charge in [0.2, 0.25) is 11.8 Å². The minimum absolute atomic E-state index is 0.00132. The van der Waals surface area contributed by atoms with Crippen LogP contribution < -0.4 is 10.9 Å². The minimum Gasteiger partial charge on any atom is -0.331 e. The number of carbonyl (C=O) groups excluding carboxylic acids is 2. The first kappa shape index (κ1) is 17.2. The molecule has 25 heavy (non-hydrogen) atoms. The van der Waals surface area contributed by atoms with Crippen molar-refractivity contribution < 1.29 is 9.59 Å². The van der Waals surface area contributed by atoms with Gasteiger partial charge in [0.15, 0.2) is 5.82 Å². The Labute approximate surface area is 145 Å². The summed E-state index contributed by atoms with van der Waals surface area (Å²) in [6.45, 7) is 4.37. The number of nitrogens with one attached hydrogen (secondary N) is 2. The van der Waals surface area contributed by atoms with E-state index in [2.05, 4.69) is 15.5 Å². The Balaban J connectivity index is 1.86. The van der Waals surface area contributed by atoms with E-state index in [1.54, 1.807) is 11.9 Å². The molecular formula is C17H23N5O3. The van der Waals surface area contributed by atoms with Crippen molar-refractivity contribution in [3.05, 3.63) is 22.1 Å². The summed E-state index contributed by atoms with van der Waals surface area (Å²) in [7, 11) is 1.68. The second-order valence-corrected chi connectivity index (χ2v) is 6.50. The van der Waals surface area contributed by atoms with Gasteiger partial charge in [-0.1, -0.05) is 6.92 Å². The lowest BCUT2D eigenvalue weighted by molar-refractivity contribution is -0.136. The highest BCUT2D eigenvalue weighted by molar-refractivity contribution is 6.02. The number of amides is 2. The zero-order chi connectivity index (χ0) is 18.1. The molecule has 0 radical (unpaired) electrons. The highest BCUT2D eigenvalue weighted by Gasteiger charge is 2.34. The van der Waals surface area contributed by atoms with Crippen molar-refractivity contribution in [1.82, 2.24) is 19.7 Å². The van der Waals surface area contributed by atoms with Gasteiger partial charge in [0.25, 0.3) is 5.56 Å². The third-order valence-corrected chi connectivity index (χ3v) is 4.78. The number of fused-ring (bicyclic) bond motifs is 1. The first-order valence-electron chi connectivity index (χ1n) is 8.59. The Kier molecular flexibility index (Phi) is 4.61. The molecule has 0 spiro atoms. The van der Waals surface area contributed by atoms with Crippen LogP contribution in [0, 0.1) is 6.92 Å². The highest BCUT2D eigenvalue weighted by Crippen LogP contribution is 2.22. The number of pyridine rings is 1. The number of aryl methyl sites for hydroxylation is 1. The zero-order valence-corrected chi connectivity index (χ0v) is 14.8. The van der Waals surface area contributed by atoms with Crippen LogP contribution in [0.4, 0.5) is 5.82 Å². The Morgan fingerprint density at radius 2 is 2.20 bits per heavy atom. The van der Waals surface area contributed by atoms with Crippen LogP contribution in [0.25, 0.3) is 10.9 Å². The smallest absolute Gasteiger partial charge is 0.263 e. The average Bonchev–Trinajstić information content (AvgIpc) is 3.20. The van der Waals surface area contributed by atoms with Crippen molar-refractivity contribution in [2.75, 3.05) is 11.9 Å². The number of anilines is 1. The lowest BCUT2D eigenvalue weighted by atomic mass is 10.2. The van der Waals surface area contributed by atoms with Crippen molar-refractivity contribution in [3.8, 4) is 0 Å². The fourth-order valence-electron chi connectivity index (χ4n) is 3.30. The average molecular weight is 345 g/mol. The molecule has 1 aliphatic heterocycles. The number of rotatable bonds is 4. The molecule has 2 amide bonds. The summed E-state index contributed by atoms with van der Waals surface area (Å²) in [5, 5.41) is 9.96. The summed E-state index contributed by atoms with van der Waals surface area (Å²) in [6.07, 6.45) is 2.62. The van der Waals surface area contributed by atoms with Gasteiger partial charge in [-0.05, 0) is 32.3 Å². The Bertz CT molecular complexity index is 882. The predicted octanol–water partition coefficient (Wildman–Crippen LogP) is 1.30. The molecule has 134 valence electrons. The van der Waals surface area contributed by atoms with Crippen LogP contribution in [0.2, 0.25) is 0 Å². The normalized spacial score (nSPS) is 17.2. The SMILES string of the molecule is CCCC(=O)N1CCCC1C(=O)Nc1n[nH]c2cc(C)n(C)c(=O)c12. The summed E-state index contributed by atoms with van der Waals surface area (Å²) < 4.78 is 1.51. The molecule has 0 aliphatic carbocycles. The molecule has 1 atom stereocenters. The van der Waals surface area contributed by atoms with Crippen molar-refractivity contribution in [2.24, 2.45) is 7.05 Å². The van der Waals surface area contributed by atoms with Gasteiger partial charge in [-0.3, -0.25) is 19.5 Å². The van der Waals surface area contributed by atoms with Gasteiger partial charge in [0.1, 0.15) is 11.4 Å². The lowest BCUT2D eigenvalue weighted by Crippen LogP contribution is -2.43. The van der Waals surface area contributed by atoms with E-state index in [-0.39, 0.29) is 23.2 Å². The second kappa shape index (κ2) is 6.70. The van der Waals surface area contributed by atoms with Crippen LogP contribution in [0.3, 0.4) is 0 Å². The first-order chi connectivity index (χ1) is 11.9. The van der Waals surface area contributed by atoms with Crippen molar-refractivity contribution >= 4 is 28.5 Å². The van der Waals surface area contributed by atoms with Crippen LogP contribution in [0.1, 0.15) is 38.3 Å². The van der Waals surface area contributed by atoms with E-state index >= 15 is 0 Å². The molecule has 2 aromatic rings. The van der Waals surface area contributed by atoms with Crippen molar-refractivity contribution in [2.45, 2.75) is 45.6 Å². The second-order valence-electron chi connectivity index (χ2n) is 6.50. The zero-order valence-electron chi connectivity index (χ0n) is 14.8. The van der Waals surface area contributed by atoms with E-state index in [1.165, 1.54) is 4.57 Å². The molecule has 8 nitrogen and oxygen atoms in total. The maximum Gasteiger partial charge on any atom is 0.263 e. The van der Waals surface area contributed by atoms with E-state index < -0.39 is 6.04 Å². The molecule has 1 saturated heterocycles. The molecule has 8 heteroatoms. The van der Waals surface area contributed by atoms with Gasteiger partial charge < -0.3 is 14.8 Å². The largest absolute Gasteiger partial charge is 0.331 e. The summed E-state index contributed by atoms with van der Waals surface area (Å²) in [5.74, 6) is -0.0769. The summed E-state index contributed by atoms with van der Waals surface area (Å²) in [5.41, 5.74) is 1.16. The fourth-order valence-corrected chi connectivity index (χ4v) is 3.30. The van der Waals surface area contributed by atoms with Gasteiger partial charge in [0.05, 0.1) is 5.52 Å². The topological polar surface area (TPSA) is 100 Å². The predicted molar refractivity (Wildman–Crippen MR) is 94.3 cm³/mol. The maximum atomic E-state index is 12.7. The van der Waals surface area contributed by atoms with E-state index in [1.807, 2.05) is 19.9 Å². The third kappa shape index (κ3) is 3.04. The fraction of sp³-hybridized carbons (Fsp3) is 0.529. The molecule has 0 aromatic carbocycles. The number of likely N-dealkylation sites (tertiary alicyclic amines) is 1. The Hall–Kier alpha value is -2.64. The quantitative estimate of drug-likeness (QED) is 0.872. The molecule has 0 saturated carbocycles. The minimum atomic E-state index is -0.500. The van der Waals surface area contributed by atoms with Gasteiger partial charge in [0, 0.05) is 25.7 Å². The number of hydrogen-bond donors (Lipinski definition) is 2. The maximum absolute atomic E-state index is 12.7. The van der Waals surface area contributed by atoms with Gasteiger partial charge in [-0.25, -0.2) is 0 Å². The number of carbonyl (C=O) groups is 2. The molecule has 3 heterocycles. The van der Waals surface area contributed by atoms with Crippen LogP contribution in [0.5, 0.6) is 0 Å². The molecule has 3 rings (SSSR count). The summed E-state index contributed by atoms with van der Waals surface area (Å²) in [4.78, 5) is 39.0. The van der Waals surface area contributed by atoms with Crippen LogP contribution >= 0.6 is 0 Å². The first-order valence-corrected chi connectivity index (χ1v) is 8.59. The van der Waals surface area contributed by atoms with Crippen LogP contribution in [-0.2, 0) is 16.6 Å². The highest BCUT2D eigenvalue weighted by atomic mass is 16.2. The Morgan fingerprint density at radius 3 is 2.92 bits per heavy atom. The molecule has 2 aromatic heterocycles. The van der Waals surface area contributed by atoms with Crippen molar-refractivity contribution in [1.29, 1.82) is 0 Å². The van der Waals surface area contributed by atoms with Crippen molar-refractivity contribution in [3.63, 3.8) is 0 Å². The Morgan fingerprint density at radius 1 is 1.44 bits per heavy atom. The van der Waals surface area contributed by atoms with E-state index in [0.717, 1.165) is 18.5 Å². The monoisotopic (exact) mass is 345 g/mol. The number of H-pyrrole nitrogens is 1. The van der Waals surface area contributed by atoms with Crippen LogP contribution in [0.15, 0.2) is 10.9 Å². The summed E-state index contributed by atoms with van der Waals surface area (Å²) in [6, 6.07) is 1.31. The molecule has 0 bridgehead atoms. The molecule has 2 N–H and O–H groups in total. The number of aromatic amines is 1. The number of aromatic nitrogens is 3. The van der Waals surface area contributed by atoms with E-state index in [0.29, 0.717) is 30.3 Å². The molecule has 1 fully saturated rings. The van der Waals surface area contributed by atoms with E-state index in [4.69, 9.17) is 0 Å². The third-order valence-electron chi connectivity index (χ3n) is 4.78.